The van der Waals surface area contributed by atoms with E-state index in [9.17, 15) is 0 Å². The van der Waals surface area contributed by atoms with Gasteiger partial charge in [-0.3, -0.25) is 4.98 Å². The van der Waals surface area contributed by atoms with E-state index in [-0.39, 0.29) is 6.04 Å². The zero-order valence-corrected chi connectivity index (χ0v) is 13.2. The monoisotopic (exact) mass is 284 g/mol. The highest BCUT2D eigenvalue weighted by Crippen LogP contribution is 2.61. The Kier molecular flexibility index (Phi) is 3.33. The number of pyridine rings is 1. The Morgan fingerprint density at radius 3 is 2.38 bits per heavy atom. The molecule has 0 radical (unpaired) electrons. The fraction of sp³-hybridized carbons (Fsp3) is 0.737. The molecule has 4 fully saturated rings. The molecule has 114 valence electrons. The van der Waals surface area contributed by atoms with Crippen LogP contribution in [0.2, 0.25) is 0 Å². The minimum Gasteiger partial charge on any atom is -0.327 e. The Labute approximate surface area is 128 Å². The Bertz CT molecular complexity index is 487. The molecule has 2 nitrogen and oxygen atoms in total. The highest BCUT2D eigenvalue weighted by molar-refractivity contribution is 5.18. The molecular weight excluding hydrogens is 256 g/mol. The van der Waals surface area contributed by atoms with E-state index in [1.807, 2.05) is 12.3 Å². The van der Waals surface area contributed by atoms with E-state index in [0.29, 0.717) is 5.41 Å². The summed E-state index contributed by atoms with van der Waals surface area (Å²) >= 11 is 0. The molecule has 0 amide bonds. The number of aromatic nitrogens is 1. The van der Waals surface area contributed by atoms with Gasteiger partial charge in [0.15, 0.2) is 0 Å². The van der Waals surface area contributed by atoms with Gasteiger partial charge in [-0.25, -0.2) is 0 Å². The third-order valence-corrected chi connectivity index (χ3v) is 6.43. The SMILES string of the molecule is Cc1cccnc1CC(N)CC12CC3CC(CC(C3)C1)C2. The fourth-order valence-electron chi connectivity index (χ4n) is 6.15. The van der Waals surface area contributed by atoms with Gasteiger partial charge in [-0.15, -0.1) is 0 Å². The number of nitrogens with zero attached hydrogens (tertiary/aromatic N) is 1. The molecule has 1 unspecified atom stereocenters. The first-order valence-corrected chi connectivity index (χ1v) is 8.78. The number of nitrogens with two attached hydrogens (primary N) is 1. The standard InChI is InChI=1S/C19H28N2/c1-13-3-2-4-21-18(13)8-17(20)12-19-9-14-5-15(10-19)7-16(6-14)11-19/h2-4,14-17H,5-12,20H2,1H3. The highest BCUT2D eigenvalue weighted by Gasteiger charge is 2.50. The van der Waals surface area contributed by atoms with Gasteiger partial charge < -0.3 is 5.73 Å². The van der Waals surface area contributed by atoms with Crippen molar-refractivity contribution < 1.29 is 0 Å². The van der Waals surface area contributed by atoms with Gasteiger partial charge in [-0.1, -0.05) is 6.07 Å². The number of aryl methyl sites for hydroxylation is 1. The summed E-state index contributed by atoms with van der Waals surface area (Å²) in [6.45, 7) is 2.15. The minimum absolute atomic E-state index is 0.287. The second-order valence-electron chi connectivity index (χ2n) is 8.35. The number of hydrogen-bond acceptors (Lipinski definition) is 2. The molecule has 1 heterocycles. The van der Waals surface area contributed by atoms with Crippen LogP contribution in [0, 0.1) is 30.1 Å². The fourth-order valence-corrected chi connectivity index (χ4v) is 6.15. The van der Waals surface area contributed by atoms with Crippen LogP contribution in [0.5, 0.6) is 0 Å². The van der Waals surface area contributed by atoms with Crippen LogP contribution in [0.25, 0.3) is 0 Å². The van der Waals surface area contributed by atoms with Crippen LogP contribution < -0.4 is 5.73 Å². The first kappa shape index (κ1) is 13.8. The smallest absolute Gasteiger partial charge is 0.0448 e. The molecule has 5 rings (SSSR count). The summed E-state index contributed by atoms with van der Waals surface area (Å²) in [7, 11) is 0. The molecule has 2 heteroatoms. The third kappa shape index (κ3) is 2.63. The van der Waals surface area contributed by atoms with E-state index in [2.05, 4.69) is 18.0 Å². The zero-order valence-electron chi connectivity index (χ0n) is 13.2. The Morgan fingerprint density at radius 1 is 1.19 bits per heavy atom. The molecule has 1 aromatic heterocycles. The lowest BCUT2D eigenvalue weighted by molar-refractivity contribution is -0.0603. The van der Waals surface area contributed by atoms with E-state index >= 15 is 0 Å². The van der Waals surface area contributed by atoms with Gasteiger partial charge in [-0.2, -0.15) is 0 Å². The van der Waals surface area contributed by atoms with E-state index < -0.39 is 0 Å². The van der Waals surface area contributed by atoms with Crippen molar-refractivity contribution >= 4 is 0 Å². The van der Waals surface area contributed by atoms with Crippen molar-refractivity contribution in [2.75, 3.05) is 0 Å². The van der Waals surface area contributed by atoms with Crippen molar-refractivity contribution in [3.8, 4) is 0 Å². The van der Waals surface area contributed by atoms with Crippen LogP contribution in [0.4, 0.5) is 0 Å². The zero-order chi connectivity index (χ0) is 14.4. The highest BCUT2D eigenvalue weighted by atomic mass is 14.7. The average molecular weight is 284 g/mol. The van der Waals surface area contributed by atoms with Crippen LogP contribution in [0.15, 0.2) is 18.3 Å². The third-order valence-electron chi connectivity index (χ3n) is 6.43. The first-order chi connectivity index (χ1) is 10.1. The predicted molar refractivity (Wildman–Crippen MR) is 85.9 cm³/mol. The lowest BCUT2D eigenvalue weighted by Crippen LogP contribution is -2.48. The molecule has 4 bridgehead atoms. The van der Waals surface area contributed by atoms with Crippen LogP contribution in [0.1, 0.15) is 56.2 Å². The number of rotatable bonds is 4. The van der Waals surface area contributed by atoms with Gasteiger partial charge >= 0.3 is 0 Å². The van der Waals surface area contributed by atoms with Crippen molar-refractivity contribution in [3.63, 3.8) is 0 Å². The van der Waals surface area contributed by atoms with Crippen molar-refractivity contribution in [2.45, 2.75) is 64.3 Å². The molecule has 1 aromatic rings. The van der Waals surface area contributed by atoms with E-state index in [4.69, 9.17) is 5.73 Å². The Hall–Kier alpha value is -0.890. The van der Waals surface area contributed by atoms with Crippen molar-refractivity contribution in [3.05, 3.63) is 29.6 Å². The van der Waals surface area contributed by atoms with Crippen LogP contribution >= 0.6 is 0 Å². The normalized spacial score (nSPS) is 38.7. The summed E-state index contributed by atoms with van der Waals surface area (Å²) in [4.78, 5) is 4.53. The summed E-state index contributed by atoms with van der Waals surface area (Å²) in [6.07, 6.45) is 13.0. The van der Waals surface area contributed by atoms with Crippen LogP contribution in [0.3, 0.4) is 0 Å². The lowest BCUT2D eigenvalue weighted by Gasteiger charge is -2.57. The quantitative estimate of drug-likeness (QED) is 0.911. The van der Waals surface area contributed by atoms with E-state index in [0.717, 1.165) is 24.2 Å². The molecule has 4 aliphatic carbocycles. The second kappa shape index (κ2) is 5.08. The van der Waals surface area contributed by atoms with Gasteiger partial charge in [0.1, 0.15) is 0 Å². The first-order valence-electron chi connectivity index (χ1n) is 8.78. The topological polar surface area (TPSA) is 38.9 Å². The summed E-state index contributed by atoms with van der Waals surface area (Å²) in [6, 6.07) is 4.46. The van der Waals surface area contributed by atoms with Gasteiger partial charge in [0, 0.05) is 24.4 Å². The predicted octanol–water partition coefficient (Wildman–Crippen LogP) is 3.87. The van der Waals surface area contributed by atoms with Gasteiger partial charge in [0.2, 0.25) is 0 Å². The largest absolute Gasteiger partial charge is 0.327 e. The Morgan fingerprint density at radius 2 is 1.81 bits per heavy atom. The number of hydrogen-bond donors (Lipinski definition) is 1. The molecule has 0 saturated heterocycles. The molecule has 1 atom stereocenters. The molecule has 2 N–H and O–H groups in total. The van der Waals surface area contributed by atoms with Gasteiger partial charge in [0.25, 0.3) is 0 Å². The van der Waals surface area contributed by atoms with Gasteiger partial charge in [0.05, 0.1) is 0 Å². The lowest BCUT2D eigenvalue weighted by atomic mass is 9.48. The molecule has 4 aliphatic rings. The molecule has 21 heavy (non-hydrogen) atoms. The maximum atomic E-state index is 6.56. The average Bonchev–Trinajstić information content (AvgIpc) is 2.39. The van der Waals surface area contributed by atoms with Crippen molar-refractivity contribution in [1.29, 1.82) is 0 Å². The van der Waals surface area contributed by atoms with E-state index in [1.165, 1.54) is 56.2 Å². The van der Waals surface area contributed by atoms with Crippen molar-refractivity contribution in [1.82, 2.24) is 4.98 Å². The maximum Gasteiger partial charge on any atom is 0.0448 e. The molecule has 0 aromatic carbocycles. The Balaban J connectivity index is 1.45. The van der Waals surface area contributed by atoms with Crippen LogP contribution in [-0.4, -0.2) is 11.0 Å². The summed E-state index contributed by atoms with van der Waals surface area (Å²) in [5.41, 5.74) is 9.64. The molecule has 0 aliphatic heterocycles. The van der Waals surface area contributed by atoms with Gasteiger partial charge in [-0.05, 0) is 86.7 Å². The van der Waals surface area contributed by atoms with Crippen LogP contribution in [-0.2, 0) is 6.42 Å². The maximum absolute atomic E-state index is 6.56. The molecule has 0 spiro atoms. The molecule has 4 saturated carbocycles. The minimum atomic E-state index is 0.287. The summed E-state index contributed by atoms with van der Waals surface area (Å²) in [5, 5.41) is 0. The summed E-state index contributed by atoms with van der Waals surface area (Å²) < 4.78 is 0. The van der Waals surface area contributed by atoms with Crippen molar-refractivity contribution in [2.24, 2.45) is 28.9 Å². The summed E-state index contributed by atoms with van der Waals surface area (Å²) in [5.74, 6) is 3.08. The van der Waals surface area contributed by atoms with E-state index in [1.54, 1.807) is 0 Å². The molecular formula is C19H28N2. The second-order valence-corrected chi connectivity index (χ2v) is 8.35.